The standard InChI is InChI=1S/C11H23NO2/c1-11(2)5-9-14-10-7-12-6-4-8-13-3/h12H,1,4-10H2,2-3H3. The first-order valence-corrected chi connectivity index (χ1v) is 5.19. The summed E-state index contributed by atoms with van der Waals surface area (Å²) in [4.78, 5) is 0. The van der Waals surface area contributed by atoms with Crippen LogP contribution in [0.1, 0.15) is 19.8 Å². The van der Waals surface area contributed by atoms with Gasteiger partial charge in [-0.15, -0.1) is 6.58 Å². The van der Waals surface area contributed by atoms with Crippen LogP contribution in [0, 0.1) is 0 Å². The molecule has 0 saturated heterocycles. The largest absolute Gasteiger partial charge is 0.385 e. The van der Waals surface area contributed by atoms with Crippen LogP contribution in [0.3, 0.4) is 0 Å². The van der Waals surface area contributed by atoms with Crippen LogP contribution < -0.4 is 5.32 Å². The average molecular weight is 201 g/mol. The van der Waals surface area contributed by atoms with E-state index in [2.05, 4.69) is 11.9 Å². The van der Waals surface area contributed by atoms with E-state index in [4.69, 9.17) is 9.47 Å². The summed E-state index contributed by atoms with van der Waals surface area (Å²) in [5.74, 6) is 0. The minimum atomic E-state index is 0.778. The first kappa shape index (κ1) is 13.6. The van der Waals surface area contributed by atoms with E-state index in [1.54, 1.807) is 7.11 Å². The summed E-state index contributed by atoms with van der Waals surface area (Å²) in [6.07, 6.45) is 2.02. The highest BCUT2D eigenvalue weighted by Gasteiger charge is 1.90. The predicted octanol–water partition coefficient (Wildman–Crippen LogP) is 1.60. The quantitative estimate of drug-likeness (QED) is 0.430. The highest BCUT2D eigenvalue weighted by molar-refractivity contribution is 4.86. The van der Waals surface area contributed by atoms with Crippen LogP contribution in [-0.2, 0) is 9.47 Å². The fraction of sp³-hybridized carbons (Fsp3) is 0.818. The van der Waals surface area contributed by atoms with Crippen LogP contribution in [0.25, 0.3) is 0 Å². The van der Waals surface area contributed by atoms with Crippen molar-refractivity contribution in [1.82, 2.24) is 5.32 Å². The predicted molar refractivity (Wildman–Crippen MR) is 59.6 cm³/mol. The van der Waals surface area contributed by atoms with E-state index < -0.39 is 0 Å². The first-order valence-electron chi connectivity index (χ1n) is 5.19. The Morgan fingerprint density at radius 1 is 1.21 bits per heavy atom. The molecule has 84 valence electrons. The molecule has 0 aliphatic carbocycles. The maximum Gasteiger partial charge on any atom is 0.0591 e. The Balaban J connectivity index is 2.88. The van der Waals surface area contributed by atoms with Crippen molar-refractivity contribution in [2.24, 2.45) is 0 Å². The Morgan fingerprint density at radius 3 is 2.64 bits per heavy atom. The molecule has 0 aromatic heterocycles. The lowest BCUT2D eigenvalue weighted by atomic mass is 10.3. The van der Waals surface area contributed by atoms with E-state index in [1.165, 1.54) is 5.57 Å². The van der Waals surface area contributed by atoms with Gasteiger partial charge in [0.15, 0.2) is 0 Å². The smallest absolute Gasteiger partial charge is 0.0591 e. The second-order valence-electron chi connectivity index (χ2n) is 3.42. The number of ether oxygens (including phenoxy) is 2. The fourth-order valence-corrected chi connectivity index (χ4v) is 0.959. The molecule has 0 saturated carbocycles. The van der Waals surface area contributed by atoms with Gasteiger partial charge >= 0.3 is 0 Å². The molecule has 0 aromatic rings. The molecule has 0 heterocycles. The van der Waals surface area contributed by atoms with E-state index in [9.17, 15) is 0 Å². The van der Waals surface area contributed by atoms with E-state index in [1.807, 2.05) is 6.92 Å². The molecule has 0 rings (SSSR count). The number of rotatable bonds is 10. The van der Waals surface area contributed by atoms with Gasteiger partial charge in [-0.2, -0.15) is 0 Å². The van der Waals surface area contributed by atoms with Crippen LogP contribution in [0.2, 0.25) is 0 Å². The summed E-state index contributed by atoms with van der Waals surface area (Å²) in [5.41, 5.74) is 1.18. The van der Waals surface area contributed by atoms with Gasteiger partial charge in [-0.25, -0.2) is 0 Å². The van der Waals surface area contributed by atoms with Crippen LogP contribution in [0.5, 0.6) is 0 Å². The number of nitrogens with one attached hydrogen (secondary N) is 1. The monoisotopic (exact) mass is 201 g/mol. The van der Waals surface area contributed by atoms with Crippen molar-refractivity contribution in [3.05, 3.63) is 12.2 Å². The van der Waals surface area contributed by atoms with Gasteiger partial charge in [0.2, 0.25) is 0 Å². The van der Waals surface area contributed by atoms with Crippen molar-refractivity contribution in [3.8, 4) is 0 Å². The van der Waals surface area contributed by atoms with E-state index in [0.717, 1.165) is 45.8 Å². The van der Waals surface area contributed by atoms with Crippen LogP contribution >= 0.6 is 0 Å². The van der Waals surface area contributed by atoms with Gasteiger partial charge in [-0.1, -0.05) is 5.57 Å². The molecule has 0 aliphatic heterocycles. The zero-order valence-electron chi connectivity index (χ0n) is 9.47. The minimum Gasteiger partial charge on any atom is -0.385 e. The minimum absolute atomic E-state index is 0.778. The summed E-state index contributed by atoms with van der Waals surface area (Å²) >= 11 is 0. The Hall–Kier alpha value is -0.380. The van der Waals surface area contributed by atoms with E-state index in [0.29, 0.717) is 0 Å². The Bertz CT molecular complexity index is 137. The second-order valence-corrected chi connectivity index (χ2v) is 3.42. The van der Waals surface area contributed by atoms with Crippen molar-refractivity contribution < 1.29 is 9.47 Å². The molecule has 0 amide bonds. The number of methoxy groups -OCH3 is 1. The first-order chi connectivity index (χ1) is 6.77. The molecule has 0 aromatic carbocycles. The maximum absolute atomic E-state index is 5.40. The Morgan fingerprint density at radius 2 is 2.00 bits per heavy atom. The summed E-state index contributed by atoms with van der Waals surface area (Å²) in [6, 6.07) is 0. The second kappa shape index (κ2) is 10.7. The molecule has 14 heavy (non-hydrogen) atoms. The fourth-order valence-electron chi connectivity index (χ4n) is 0.959. The zero-order chi connectivity index (χ0) is 10.6. The SMILES string of the molecule is C=C(C)CCOCCNCCCOC. The molecule has 0 atom stereocenters. The summed E-state index contributed by atoms with van der Waals surface area (Å²) < 4.78 is 10.3. The van der Waals surface area contributed by atoms with E-state index in [-0.39, 0.29) is 0 Å². The van der Waals surface area contributed by atoms with Crippen LogP contribution in [0.15, 0.2) is 12.2 Å². The molecular weight excluding hydrogens is 178 g/mol. The Kier molecular flexibility index (Phi) is 10.4. The lowest BCUT2D eigenvalue weighted by Gasteiger charge is -2.05. The maximum atomic E-state index is 5.40. The summed E-state index contributed by atoms with van der Waals surface area (Å²) in [6.45, 7) is 10.1. The van der Waals surface area contributed by atoms with Crippen molar-refractivity contribution in [2.45, 2.75) is 19.8 Å². The van der Waals surface area contributed by atoms with Gasteiger partial charge in [0.05, 0.1) is 13.2 Å². The molecule has 0 unspecified atom stereocenters. The molecule has 0 bridgehead atoms. The third-order valence-electron chi connectivity index (χ3n) is 1.80. The molecule has 0 spiro atoms. The van der Waals surface area contributed by atoms with Crippen LogP contribution in [-0.4, -0.2) is 40.0 Å². The van der Waals surface area contributed by atoms with Gasteiger partial charge in [0.25, 0.3) is 0 Å². The van der Waals surface area contributed by atoms with Crippen LogP contribution in [0.4, 0.5) is 0 Å². The van der Waals surface area contributed by atoms with E-state index >= 15 is 0 Å². The molecule has 3 nitrogen and oxygen atoms in total. The molecule has 0 radical (unpaired) electrons. The topological polar surface area (TPSA) is 30.5 Å². The number of hydrogen-bond donors (Lipinski definition) is 1. The molecule has 0 aliphatic rings. The van der Waals surface area contributed by atoms with Crippen molar-refractivity contribution in [1.29, 1.82) is 0 Å². The highest BCUT2D eigenvalue weighted by atomic mass is 16.5. The summed E-state index contributed by atoms with van der Waals surface area (Å²) in [7, 11) is 1.72. The average Bonchev–Trinajstić information content (AvgIpc) is 2.15. The molecule has 1 N–H and O–H groups in total. The Labute approximate surface area is 87.5 Å². The van der Waals surface area contributed by atoms with Gasteiger partial charge in [0.1, 0.15) is 0 Å². The molecular formula is C11H23NO2. The normalized spacial score (nSPS) is 10.4. The van der Waals surface area contributed by atoms with Crippen molar-refractivity contribution in [2.75, 3.05) is 40.0 Å². The van der Waals surface area contributed by atoms with Crippen molar-refractivity contribution in [3.63, 3.8) is 0 Å². The summed E-state index contributed by atoms with van der Waals surface area (Å²) in [5, 5.41) is 3.28. The lowest BCUT2D eigenvalue weighted by Crippen LogP contribution is -2.21. The highest BCUT2D eigenvalue weighted by Crippen LogP contribution is 1.94. The zero-order valence-corrected chi connectivity index (χ0v) is 9.47. The van der Waals surface area contributed by atoms with Gasteiger partial charge < -0.3 is 14.8 Å². The molecule has 3 heteroatoms. The molecule has 0 fully saturated rings. The van der Waals surface area contributed by atoms with Gasteiger partial charge in [-0.05, 0) is 26.3 Å². The third kappa shape index (κ3) is 11.6. The third-order valence-corrected chi connectivity index (χ3v) is 1.80. The van der Waals surface area contributed by atoms with Crippen molar-refractivity contribution >= 4 is 0 Å². The van der Waals surface area contributed by atoms with Gasteiger partial charge in [0, 0.05) is 20.3 Å². The lowest BCUT2D eigenvalue weighted by molar-refractivity contribution is 0.137. The number of hydrogen-bond acceptors (Lipinski definition) is 3. The van der Waals surface area contributed by atoms with Gasteiger partial charge in [-0.3, -0.25) is 0 Å².